The summed E-state index contributed by atoms with van der Waals surface area (Å²) in [5, 5.41) is 0.787. The number of aromatic nitrogens is 2. The third-order valence-electron chi connectivity index (χ3n) is 5.50. The van der Waals surface area contributed by atoms with Crippen LogP contribution in [-0.4, -0.2) is 28.1 Å². The zero-order valence-electron chi connectivity index (χ0n) is 15.9. The lowest BCUT2D eigenvalue weighted by Gasteiger charge is -2.37. The largest absolute Gasteiger partial charge is 0.342 e. The number of fused-ring (bicyclic) bond motifs is 2. The van der Waals surface area contributed by atoms with Crippen molar-refractivity contribution in [3.05, 3.63) is 51.9 Å². The van der Waals surface area contributed by atoms with E-state index in [0.29, 0.717) is 11.8 Å². The van der Waals surface area contributed by atoms with Crippen LogP contribution in [-0.2, 0) is 13.1 Å². The van der Waals surface area contributed by atoms with Crippen LogP contribution in [0.4, 0.5) is 5.82 Å². The molecular formula is C21H27ClN4. The molecule has 2 unspecified atom stereocenters. The van der Waals surface area contributed by atoms with Crippen molar-refractivity contribution in [1.29, 1.82) is 0 Å². The monoisotopic (exact) mass is 370 g/mol. The lowest BCUT2D eigenvalue weighted by molar-refractivity contribution is 0.237. The first-order valence-corrected chi connectivity index (χ1v) is 10.1. The van der Waals surface area contributed by atoms with Gasteiger partial charge in [0.05, 0.1) is 23.8 Å². The van der Waals surface area contributed by atoms with Gasteiger partial charge < -0.3 is 4.90 Å². The molecule has 1 aliphatic heterocycles. The van der Waals surface area contributed by atoms with Gasteiger partial charge in [0.25, 0.3) is 0 Å². The molecule has 1 aliphatic carbocycles. The second-order valence-electron chi connectivity index (χ2n) is 7.82. The smallest absolute Gasteiger partial charge is 0.153 e. The normalized spacial score (nSPS) is 22.4. The molecule has 0 bridgehead atoms. The number of hydrogen-bond donors (Lipinski definition) is 0. The Morgan fingerprint density at radius 2 is 1.77 bits per heavy atom. The van der Waals surface area contributed by atoms with Gasteiger partial charge in [0, 0.05) is 36.5 Å². The quantitative estimate of drug-likeness (QED) is 0.763. The lowest BCUT2D eigenvalue weighted by atomic mass is 10.1. The third kappa shape index (κ3) is 3.33. The minimum atomic E-state index is 0.518. The van der Waals surface area contributed by atoms with Crippen molar-refractivity contribution in [3.8, 4) is 0 Å². The predicted octanol–water partition coefficient (Wildman–Crippen LogP) is 4.93. The van der Waals surface area contributed by atoms with Gasteiger partial charge in [-0.2, -0.15) is 0 Å². The molecule has 0 spiro atoms. The summed E-state index contributed by atoms with van der Waals surface area (Å²) < 4.78 is 0. The van der Waals surface area contributed by atoms with E-state index in [1.807, 2.05) is 12.1 Å². The van der Waals surface area contributed by atoms with E-state index in [-0.39, 0.29) is 0 Å². The number of halogens is 1. The molecule has 2 heterocycles. The summed E-state index contributed by atoms with van der Waals surface area (Å²) in [6.07, 6.45) is 2.28. The zero-order valence-corrected chi connectivity index (χ0v) is 16.6. The summed E-state index contributed by atoms with van der Waals surface area (Å²) in [6.45, 7) is 10.5. The van der Waals surface area contributed by atoms with Gasteiger partial charge in [0.1, 0.15) is 0 Å². The van der Waals surface area contributed by atoms with Crippen LogP contribution < -0.4 is 4.90 Å². The fraction of sp³-hybridized carbons (Fsp3) is 0.524. The number of nitrogens with zero attached hydrogens (tertiary/aromatic N) is 4. The van der Waals surface area contributed by atoms with Crippen molar-refractivity contribution in [2.24, 2.45) is 0 Å². The minimum Gasteiger partial charge on any atom is -0.342 e. The Hall–Kier alpha value is -1.65. The lowest BCUT2D eigenvalue weighted by Crippen LogP contribution is -2.43. The van der Waals surface area contributed by atoms with Crippen molar-refractivity contribution in [2.45, 2.75) is 58.5 Å². The summed E-state index contributed by atoms with van der Waals surface area (Å²) in [5.74, 6) is 2.15. The van der Waals surface area contributed by atoms with Crippen LogP contribution in [0.3, 0.4) is 0 Å². The van der Waals surface area contributed by atoms with E-state index in [2.05, 4.69) is 42.7 Å². The third-order valence-corrected chi connectivity index (χ3v) is 5.75. The van der Waals surface area contributed by atoms with Gasteiger partial charge in [-0.05, 0) is 30.5 Å². The molecule has 0 radical (unpaired) electrons. The summed E-state index contributed by atoms with van der Waals surface area (Å²) in [7, 11) is 0. The minimum absolute atomic E-state index is 0.518. The Labute approximate surface area is 161 Å². The Balaban J connectivity index is 1.63. The molecule has 0 saturated heterocycles. The molecule has 4 rings (SSSR count). The Kier molecular flexibility index (Phi) is 4.89. The van der Waals surface area contributed by atoms with E-state index in [1.165, 1.54) is 23.4 Å². The van der Waals surface area contributed by atoms with Crippen LogP contribution in [0.5, 0.6) is 0 Å². The molecule has 26 heavy (non-hydrogen) atoms. The Morgan fingerprint density at radius 3 is 2.46 bits per heavy atom. The van der Waals surface area contributed by atoms with Gasteiger partial charge >= 0.3 is 0 Å². The molecule has 138 valence electrons. The second kappa shape index (κ2) is 7.16. The maximum Gasteiger partial charge on any atom is 0.153 e. The topological polar surface area (TPSA) is 32.3 Å². The number of rotatable bonds is 4. The zero-order chi connectivity index (χ0) is 18.3. The highest BCUT2D eigenvalue weighted by Crippen LogP contribution is 2.41. The molecule has 2 atom stereocenters. The Bertz CT molecular complexity index is 789. The molecule has 5 heteroatoms. The van der Waals surface area contributed by atoms with E-state index in [1.54, 1.807) is 0 Å². The number of hydrogen-bond acceptors (Lipinski definition) is 4. The van der Waals surface area contributed by atoms with Crippen molar-refractivity contribution in [1.82, 2.24) is 14.9 Å². The van der Waals surface area contributed by atoms with Crippen LogP contribution in [0.25, 0.3) is 0 Å². The van der Waals surface area contributed by atoms with Crippen molar-refractivity contribution < 1.29 is 0 Å². The Morgan fingerprint density at radius 1 is 1.08 bits per heavy atom. The highest BCUT2D eigenvalue weighted by atomic mass is 35.5. The summed E-state index contributed by atoms with van der Waals surface area (Å²) in [4.78, 5) is 15.0. The molecule has 0 saturated carbocycles. The van der Waals surface area contributed by atoms with E-state index in [0.717, 1.165) is 49.3 Å². The maximum absolute atomic E-state index is 6.03. The molecule has 0 fully saturated rings. The molecular weight excluding hydrogens is 344 g/mol. The van der Waals surface area contributed by atoms with E-state index < -0.39 is 0 Å². The van der Waals surface area contributed by atoms with E-state index in [9.17, 15) is 0 Å². The number of benzene rings is 1. The predicted molar refractivity (Wildman–Crippen MR) is 107 cm³/mol. The molecule has 0 amide bonds. The molecule has 2 aliphatic rings. The van der Waals surface area contributed by atoms with Gasteiger partial charge in [0.2, 0.25) is 0 Å². The summed E-state index contributed by atoms with van der Waals surface area (Å²) in [5.41, 5.74) is 4.87. The number of anilines is 1. The van der Waals surface area contributed by atoms with Crippen LogP contribution in [0.15, 0.2) is 24.3 Å². The van der Waals surface area contributed by atoms with Crippen molar-refractivity contribution >= 4 is 17.4 Å². The average molecular weight is 371 g/mol. The molecule has 4 nitrogen and oxygen atoms in total. The second-order valence-corrected chi connectivity index (χ2v) is 8.26. The SMILES string of the molecule is CCCN1CN(Cc2ccc(Cl)cc2)Cc2nc3c(nc21)C(C)CC3C. The summed E-state index contributed by atoms with van der Waals surface area (Å²) >= 11 is 6.03. The molecule has 2 aromatic rings. The van der Waals surface area contributed by atoms with Crippen LogP contribution in [0, 0.1) is 0 Å². The molecule has 1 aromatic carbocycles. The fourth-order valence-corrected chi connectivity index (χ4v) is 4.42. The highest BCUT2D eigenvalue weighted by Gasteiger charge is 2.33. The van der Waals surface area contributed by atoms with Gasteiger partial charge in [-0.25, -0.2) is 4.98 Å². The first-order valence-electron chi connectivity index (χ1n) is 9.67. The first-order chi connectivity index (χ1) is 12.5. The van der Waals surface area contributed by atoms with Gasteiger partial charge in [-0.3, -0.25) is 9.88 Å². The maximum atomic E-state index is 6.03. The van der Waals surface area contributed by atoms with Crippen LogP contribution in [0.1, 0.15) is 68.1 Å². The summed E-state index contributed by atoms with van der Waals surface area (Å²) in [6, 6.07) is 8.16. The van der Waals surface area contributed by atoms with Gasteiger partial charge in [-0.1, -0.05) is 44.5 Å². The average Bonchev–Trinajstić information content (AvgIpc) is 2.89. The van der Waals surface area contributed by atoms with Gasteiger partial charge in [-0.15, -0.1) is 0 Å². The van der Waals surface area contributed by atoms with Crippen LogP contribution in [0.2, 0.25) is 5.02 Å². The highest BCUT2D eigenvalue weighted by molar-refractivity contribution is 6.30. The van der Waals surface area contributed by atoms with E-state index in [4.69, 9.17) is 21.6 Å². The van der Waals surface area contributed by atoms with Crippen molar-refractivity contribution in [3.63, 3.8) is 0 Å². The van der Waals surface area contributed by atoms with E-state index >= 15 is 0 Å². The standard InChI is InChI=1S/C21H27ClN4/c1-4-9-26-13-25(11-16-5-7-17(22)8-6-16)12-18-21(26)24-20-15(3)10-14(2)19(20)23-18/h5-8,14-15H,4,9-13H2,1-3H3. The molecule has 0 N–H and O–H groups in total. The first kappa shape index (κ1) is 17.7. The van der Waals surface area contributed by atoms with Crippen molar-refractivity contribution in [2.75, 3.05) is 18.1 Å². The molecule has 1 aromatic heterocycles. The fourth-order valence-electron chi connectivity index (χ4n) is 4.30. The van der Waals surface area contributed by atoms with Gasteiger partial charge in [0.15, 0.2) is 5.82 Å². The van der Waals surface area contributed by atoms with Crippen LogP contribution >= 0.6 is 11.6 Å².